The summed E-state index contributed by atoms with van der Waals surface area (Å²) in [4.78, 5) is 1.56. The average Bonchev–Trinajstić information content (AvgIpc) is 3.09. The van der Waals surface area contributed by atoms with Crippen LogP contribution < -0.4 is 5.32 Å². The standard InChI is InChI=1S/C15H14F3NS/c1-19-15(8-2-3-8)13-5-4-12(20-13)14-10(17)6-9(16)7-11(14)18/h4-8,15,19H,2-3H2,1H3. The maximum atomic E-state index is 13.8. The molecule has 1 saturated carbocycles. The molecule has 1 heterocycles. The van der Waals surface area contributed by atoms with Crippen LogP contribution in [0.3, 0.4) is 0 Å². The van der Waals surface area contributed by atoms with E-state index in [0.717, 1.165) is 4.88 Å². The molecular formula is C15H14F3NS. The molecule has 1 fully saturated rings. The molecule has 0 amide bonds. The molecule has 106 valence electrons. The molecule has 0 bridgehead atoms. The van der Waals surface area contributed by atoms with Gasteiger partial charge in [0.2, 0.25) is 0 Å². The molecule has 0 radical (unpaired) electrons. The van der Waals surface area contributed by atoms with Crippen LogP contribution in [0.2, 0.25) is 0 Å². The summed E-state index contributed by atoms with van der Waals surface area (Å²) in [6.45, 7) is 0. The molecule has 1 aliphatic carbocycles. The molecule has 2 aromatic rings. The molecule has 5 heteroatoms. The summed E-state index contributed by atoms with van der Waals surface area (Å²) in [5.74, 6) is -2.01. The zero-order valence-electron chi connectivity index (χ0n) is 10.9. The molecule has 0 spiro atoms. The van der Waals surface area contributed by atoms with E-state index in [2.05, 4.69) is 5.32 Å². The number of halogens is 3. The van der Waals surface area contributed by atoms with Gasteiger partial charge in [0.15, 0.2) is 0 Å². The van der Waals surface area contributed by atoms with Gasteiger partial charge < -0.3 is 5.32 Å². The second kappa shape index (κ2) is 5.22. The highest BCUT2D eigenvalue weighted by atomic mass is 32.1. The Morgan fingerprint density at radius 2 is 1.80 bits per heavy atom. The van der Waals surface area contributed by atoms with Crippen molar-refractivity contribution in [3.8, 4) is 10.4 Å². The van der Waals surface area contributed by atoms with E-state index in [1.165, 1.54) is 24.2 Å². The van der Waals surface area contributed by atoms with Gasteiger partial charge in [0.25, 0.3) is 0 Å². The Labute approximate surface area is 119 Å². The molecule has 1 unspecified atom stereocenters. The van der Waals surface area contributed by atoms with Crippen LogP contribution >= 0.6 is 11.3 Å². The van der Waals surface area contributed by atoms with Gasteiger partial charge in [-0.3, -0.25) is 0 Å². The summed E-state index contributed by atoms with van der Waals surface area (Å²) in [5.41, 5.74) is -0.145. The lowest BCUT2D eigenvalue weighted by atomic mass is 10.1. The quantitative estimate of drug-likeness (QED) is 0.876. The largest absolute Gasteiger partial charge is 0.312 e. The van der Waals surface area contributed by atoms with Gasteiger partial charge in [-0.05, 0) is 37.9 Å². The first-order valence-electron chi connectivity index (χ1n) is 6.52. The van der Waals surface area contributed by atoms with Crippen LogP contribution in [0.5, 0.6) is 0 Å². The number of nitrogens with one attached hydrogen (secondary N) is 1. The van der Waals surface area contributed by atoms with E-state index in [1.807, 2.05) is 13.1 Å². The van der Waals surface area contributed by atoms with Crippen molar-refractivity contribution in [3.05, 3.63) is 46.6 Å². The van der Waals surface area contributed by atoms with Crippen LogP contribution in [-0.2, 0) is 0 Å². The van der Waals surface area contributed by atoms with Crippen molar-refractivity contribution >= 4 is 11.3 Å². The Balaban J connectivity index is 1.97. The van der Waals surface area contributed by atoms with Gasteiger partial charge in [0.1, 0.15) is 17.5 Å². The summed E-state index contributed by atoms with van der Waals surface area (Å²) < 4.78 is 40.5. The zero-order valence-corrected chi connectivity index (χ0v) is 11.7. The Morgan fingerprint density at radius 1 is 1.15 bits per heavy atom. The van der Waals surface area contributed by atoms with Crippen LogP contribution in [0.4, 0.5) is 13.2 Å². The van der Waals surface area contributed by atoms with Crippen molar-refractivity contribution in [2.45, 2.75) is 18.9 Å². The smallest absolute Gasteiger partial charge is 0.137 e. The molecule has 20 heavy (non-hydrogen) atoms. The van der Waals surface area contributed by atoms with Gasteiger partial charge in [-0.15, -0.1) is 11.3 Å². The molecular weight excluding hydrogens is 283 g/mol. The Hall–Kier alpha value is -1.33. The van der Waals surface area contributed by atoms with Crippen LogP contribution in [0.15, 0.2) is 24.3 Å². The van der Waals surface area contributed by atoms with Crippen LogP contribution in [0.1, 0.15) is 23.8 Å². The topological polar surface area (TPSA) is 12.0 Å². The van der Waals surface area contributed by atoms with Crippen molar-refractivity contribution in [2.24, 2.45) is 5.92 Å². The molecule has 1 aromatic heterocycles. The van der Waals surface area contributed by atoms with Gasteiger partial charge in [-0.1, -0.05) is 0 Å². The highest BCUT2D eigenvalue weighted by Crippen LogP contribution is 2.44. The van der Waals surface area contributed by atoms with E-state index in [4.69, 9.17) is 0 Å². The maximum Gasteiger partial charge on any atom is 0.137 e. The fourth-order valence-electron chi connectivity index (χ4n) is 2.47. The summed E-state index contributed by atoms with van der Waals surface area (Å²) in [6.07, 6.45) is 2.36. The predicted molar refractivity (Wildman–Crippen MR) is 74.2 cm³/mol. The lowest BCUT2D eigenvalue weighted by Gasteiger charge is -2.12. The number of benzene rings is 1. The minimum absolute atomic E-state index is 0.145. The maximum absolute atomic E-state index is 13.8. The summed E-state index contributed by atoms with van der Waals surface area (Å²) in [7, 11) is 1.89. The molecule has 0 saturated heterocycles. The van der Waals surface area contributed by atoms with E-state index in [-0.39, 0.29) is 11.6 Å². The first-order chi connectivity index (χ1) is 9.60. The third-order valence-electron chi connectivity index (χ3n) is 3.59. The average molecular weight is 297 g/mol. The number of hydrogen-bond donors (Lipinski definition) is 1. The van der Waals surface area contributed by atoms with E-state index >= 15 is 0 Å². The second-order valence-corrected chi connectivity index (χ2v) is 6.17. The Bertz CT molecular complexity index is 611. The summed E-state index contributed by atoms with van der Waals surface area (Å²) >= 11 is 1.36. The molecule has 0 aliphatic heterocycles. The molecule has 1 aliphatic rings. The fraction of sp³-hybridized carbons (Fsp3) is 0.333. The van der Waals surface area contributed by atoms with E-state index in [9.17, 15) is 13.2 Å². The highest BCUT2D eigenvalue weighted by molar-refractivity contribution is 7.15. The molecule has 1 N–H and O–H groups in total. The summed E-state index contributed by atoms with van der Waals surface area (Å²) in [5, 5.41) is 3.25. The van der Waals surface area contributed by atoms with Crippen LogP contribution in [0, 0.1) is 23.4 Å². The van der Waals surface area contributed by atoms with Gasteiger partial charge in [-0.25, -0.2) is 13.2 Å². The molecule has 1 aromatic carbocycles. The SMILES string of the molecule is CNC(c1ccc(-c2c(F)cc(F)cc2F)s1)C1CC1. The first kappa shape index (κ1) is 13.6. The summed E-state index contributed by atoms with van der Waals surface area (Å²) in [6, 6.07) is 5.26. The van der Waals surface area contributed by atoms with Crippen LogP contribution in [-0.4, -0.2) is 7.05 Å². The lowest BCUT2D eigenvalue weighted by molar-refractivity contribution is 0.537. The number of hydrogen-bond acceptors (Lipinski definition) is 2. The van der Waals surface area contributed by atoms with Crippen molar-refractivity contribution in [2.75, 3.05) is 7.05 Å². The van der Waals surface area contributed by atoms with Gasteiger partial charge >= 0.3 is 0 Å². The Kier molecular flexibility index (Phi) is 3.56. The number of thiophene rings is 1. The van der Waals surface area contributed by atoms with Crippen molar-refractivity contribution in [3.63, 3.8) is 0 Å². The Morgan fingerprint density at radius 3 is 2.35 bits per heavy atom. The second-order valence-electron chi connectivity index (χ2n) is 5.05. The predicted octanol–water partition coefficient (Wildman–Crippen LogP) is 4.50. The highest BCUT2D eigenvalue weighted by Gasteiger charge is 2.32. The molecule has 1 nitrogen and oxygen atoms in total. The van der Waals surface area contributed by atoms with Gasteiger partial charge in [-0.2, -0.15) is 0 Å². The minimum Gasteiger partial charge on any atom is -0.312 e. The zero-order chi connectivity index (χ0) is 14.3. The van der Waals surface area contributed by atoms with Gasteiger partial charge in [0.05, 0.1) is 5.56 Å². The molecule has 3 rings (SSSR count). The third kappa shape index (κ3) is 2.47. The van der Waals surface area contributed by atoms with E-state index in [0.29, 0.717) is 22.9 Å². The van der Waals surface area contributed by atoms with Crippen LogP contribution in [0.25, 0.3) is 10.4 Å². The normalized spacial score (nSPS) is 16.4. The fourth-order valence-corrected chi connectivity index (χ4v) is 3.73. The monoisotopic (exact) mass is 297 g/mol. The third-order valence-corrected chi connectivity index (χ3v) is 4.78. The molecule has 1 atom stereocenters. The van der Waals surface area contributed by atoms with E-state index < -0.39 is 17.5 Å². The van der Waals surface area contributed by atoms with Crippen molar-refractivity contribution in [1.29, 1.82) is 0 Å². The minimum atomic E-state index is -0.897. The van der Waals surface area contributed by atoms with Gasteiger partial charge in [0, 0.05) is 27.9 Å². The van der Waals surface area contributed by atoms with Crippen molar-refractivity contribution < 1.29 is 13.2 Å². The number of rotatable bonds is 4. The van der Waals surface area contributed by atoms with E-state index in [1.54, 1.807) is 6.07 Å². The first-order valence-corrected chi connectivity index (χ1v) is 7.33. The van der Waals surface area contributed by atoms with Crippen molar-refractivity contribution in [1.82, 2.24) is 5.32 Å². The lowest BCUT2D eigenvalue weighted by Crippen LogP contribution is -2.16.